The first-order valence-electron chi connectivity index (χ1n) is 8.91. The summed E-state index contributed by atoms with van der Waals surface area (Å²) in [4.78, 5) is 4.23. The average Bonchev–Trinajstić information content (AvgIpc) is 3.19. The van der Waals surface area contributed by atoms with E-state index in [2.05, 4.69) is 11.1 Å². The molecular weight excluding hydrogens is 369 g/mol. The van der Waals surface area contributed by atoms with Crippen molar-refractivity contribution in [2.24, 2.45) is 0 Å². The molecule has 3 rings (SSSR count). The van der Waals surface area contributed by atoms with Crippen LogP contribution in [0.4, 0.5) is 13.2 Å². The molecule has 0 aliphatic heterocycles. The quantitative estimate of drug-likeness (QED) is 0.635. The second-order valence-corrected chi connectivity index (χ2v) is 6.53. The van der Waals surface area contributed by atoms with Gasteiger partial charge in [-0.15, -0.1) is 0 Å². The van der Waals surface area contributed by atoms with Crippen molar-refractivity contribution < 1.29 is 22.6 Å². The summed E-state index contributed by atoms with van der Waals surface area (Å²) >= 11 is 0. The molecule has 0 atom stereocenters. The molecular formula is C21H19F3N2O2. The van der Waals surface area contributed by atoms with E-state index in [1.54, 1.807) is 6.07 Å². The van der Waals surface area contributed by atoms with Crippen LogP contribution in [0, 0.1) is 11.3 Å². The Morgan fingerprint density at radius 2 is 1.86 bits per heavy atom. The maximum Gasteiger partial charge on any atom is 0.416 e. The molecule has 0 radical (unpaired) electrons. The molecule has 0 unspecified atom stereocenters. The molecule has 28 heavy (non-hydrogen) atoms. The van der Waals surface area contributed by atoms with Crippen LogP contribution in [0.15, 0.2) is 36.5 Å². The number of alkyl halides is 3. The van der Waals surface area contributed by atoms with Crippen molar-refractivity contribution in [1.29, 1.82) is 5.26 Å². The molecule has 4 nitrogen and oxygen atoms in total. The van der Waals surface area contributed by atoms with E-state index in [-0.39, 0.29) is 11.7 Å². The van der Waals surface area contributed by atoms with Crippen molar-refractivity contribution in [3.8, 4) is 17.6 Å². The minimum atomic E-state index is -4.40. The van der Waals surface area contributed by atoms with Gasteiger partial charge in [0, 0.05) is 6.07 Å². The van der Waals surface area contributed by atoms with Crippen LogP contribution in [-0.4, -0.2) is 18.2 Å². The molecule has 0 N–H and O–H groups in total. The van der Waals surface area contributed by atoms with Crippen LogP contribution in [0.25, 0.3) is 11.6 Å². The number of benzene rings is 1. The number of pyridine rings is 1. The zero-order valence-electron chi connectivity index (χ0n) is 15.3. The lowest BCUT2D eigenvalue weighted by molar-refractivity contribution is -0.137. The van der Waals surface area contributed by atoms with Crippen LogP contribution in [0.2, 0.25) is 0 Å². The van der Waals surface area contributed by atoms with Crippen molar-refractivity contribution in [3.63, 3.8) is 0 Å². The number of allylic oxidation sites excluding steroid dienone is 1. The SMILES string of the molecule is COc1cnc(/C(C#N)=C/c2ccc(C(F)(F)F)cc2)cc1OC1CCCC1. The molecule has 1 aromatic heterocycles. The van der Waals surface area contributed by atoms with Gasteiger partial charge < -0.3 is 9.47 Å². The highest BCUT2D eigenvalue weighted by Crippen LogP contribution is 2.33. The van der Waals surface area contributed by atoms with E-state index in [4.69, 9.17) is 9.47 Å². The van der Waals surface area contributed by atoms with E-state index in [0.29, 0.717) is 22.8 Å². The van der Waals surface area contributed by atoms with E-state index in [1.165, 1.54) is 31.5 Å². The Kier molecular flexibility index (Phi) is 5.88. The van der Waals surface area contributed by atoms with Gasteiger partial charge in [-0.3, -0.25) is 4.98 Å². The second kappa shape index (κ2) is 8.34. The third kappa shape index (κ3) is 4.63. The average molecular weight is 388 g/mol. The zero-order valence-corrected chi connectivity index (χ0v) is 15.3. The lowest BCUT2D eigenvalue weighted by atomic mass is 10.1. The molecule has 0 amide bonds. The molecule has 1 aliphatic rings. The van der Waals surface area contributed by atoms with Crippen LogP contribution in [0.5, 0.6) is 11.5 Å². The fourth-order valence-corrected chi connectivity index (χ4v) is 3.10. The lowest BCUT2D eigenvalue weighted by Gasteiger charge is -2.16. The first-order chi connectivity index (χ1) is 13.4. The van der Waals surface area contributed by atoms with Gasteiger partial charge in [-0.2, -0.15) is 18.4 Å². The number of hydrogen-bond donors (Lipinski definition) is 0. The normalized spacial score (nSPS) is 15.3. The maximum atomic E-state index is 12.7. The number of hydrogen-bond acceptors (Lipinski definition) is 4. The van der Waals surface area contributed by atoms with E-state index in [9.17, 15) is 18.4 Å². The summed E-state index contributed by atoms with van der Waals surface area (Å²) < 4.78 is 49.4. The van der Waals surface area contributed by atoms with Crippen LogP contribution in [0.3, 0.4) is 0 Å². The Bertz CT molecular complexity index is 893. The monoisotopic (exact) mass is 388 g/mol. The second-order valence-electron chi connectivity index (χ2n) is 6.53. The predicted octanol–water partition coefficient (Wildman–Crippen LogP) is 5.49. The number of methoxy groups -OCH3 is 1. The minimum Gasteiger partial charge on any atom is -0.491 e. The van der Waals surface area contributed by atoms with Gasteiger partial charge in [-0.25, -0.2) is 0 Å². The summed E-state index contributed by atoms with van der Waals surface area (Å²) in [7, 11) is 1.52. The van der Waals surface area contributed by atoms with Crippen LogP contribution >= 0.6 is 0 Å². The summed E-state index contributed by atoms with van der Waals surface area (Å²) in [6, 6.07) is 8.29. The van der Waals surface area contributed by atoms with Gasteiger partial charge in [0.2, 0.25) is 0 Å². The van der Waals surface area contributed by atoms with Crippen molar-refractivity contribution in [1.82, 2.24) is 4.98 Å². The molecule has 0 bridgehead atoms. The highest BCUT2D eigenvalue weighted by Gasteiger charge is 2.29. The Hall–Kier alpha value is -3.01. The van der Waals surface area contributed by atoms with E-state index >= 15 is 0 Å². The fraction of sp³-hybridized carbons (Fsp3) is 0.333. The maximum absolute atomic E-state index is 12.7. The summed E-state index contributed by atoms with van der Waals surface area (Å²) in [6.45, 7) is 0. The highest BCUT2D eigenvalue weighted by molar-refractivity contribution is 5.88. The molecule has 1 aromatic carbocycles. The van der Waals surface area contributed by atoms with Gasteiger partial charge in [0.1, 0.15) is 6.07 Å². The minimum absolute atomic E-state index is 0.105. The van der Waals surface area contributed by atoms with E-state index in [1.807, 2.05) is 0 Å². The first kappa shape index (κ1) is 19.7. The van der Waals surface area contributed by atoms with Gasteiger partial charge in [0.25, 0.3) is 0 Å². The number of ether oxygens (including phenoxy) is 2. The van der Waals surface area contributed by atoms with Gasteiger partial charge in [-0.05, 0) is 49.5 Å². The molecule has 146 valence electrons. The van der Waals surface area contributed by atoms with Crippen molar-refractivity contribution in [2.75, 3.05) is 7.11 Å². The molecule has 1 fully saturated rings. The smallest absolute Gasteiger partial charge is 0.416 e. The van der Waals surface area contributed by atoms with Crippen molar-refractivity contribution in [2.45, 2.75) is 38.0 Å². The summed E-state index contributed by atoms with van der Waals surface area (Å²) in [6.07, 6.45) is 2.84. The van der Waals surface area contributed by atoms with Gasteiger partial charge in [0.15, 0.2) is 11.5 Å². The summed E-state index contributed by atoms with van der Waals surface area (Å²) in [5.41, 5.74) is 0.327. The van der Waals surface area contributed by atoms with Crippen molar-refractivity contribution in [3.05, 3.63) is 53.3 Å². The highest BCUT2D eigenvalue weighted by atomic mass is 19.4. The first-order valence-corrected chi connectivity index (χ1v) is 8.91. The van der Waals surface area contributed by atoms with Gasteiger partial charge >= 0.3 is 6.18 Å². The van der Waals surface area contributed by atoms with Gasteiger partial charge in [-0.1, -0.05) is 12.1 Å². The topological polar surface area (TPSA) is 55.1 Å². The van der Waals surface area contributed by atoms with Crippen LogP contribution < -0.4 is 9.47 Å². The predicted molar refractivity (Wildman–Crippen MR) is 98.6 cm³/mol. The number of nitriles is 1. The van der Waals surface area contributed by atoms with Gasteiger partial charge in [0.05, 0.1) is 36.2 Å². The Morgan fingerprint density at radius 1 is 1.18 bits per heavy atom. The number of nitrogens with zero attached hydrogens (tertiary/aromatic N) is 2. The third-order valence-electron chi connectivity index (χ3n) is 4.59. The molecule has 1 heterocycles. The Morgan fingerprint density at radius 3 is 2.43 bits per heavy atom. The van der Waals surface area contributed by atoms with E-state index < -0.39 is 11.7 Å². The summed E-state index contributed by atoms with van der Waals surface area (Å²) in [5.74, 6) is 0.982. The van der Waals surface area contributed by atoms with Crippen molar-refractivity contribution >= 4 is 11.6 Å². The molecule has 0 spiro atoms. The summed E-state index contributed by atoms with van der Waals surface area (Å²) in [5, 5.41) is 9.52. The Labute approximate surface area is 161 Å². The Balaban J connectivity index is 1.89. The standard InChI is InChI=1S/C21H19F3N2O2/c1-27-20-13-26-18(11-19(20)28-17-4-2-3-5-17)15(12-25)10-14-6-8-16(9-7-14)21(22,23)24/h6-11,13,17H,2-5H2,1H3/b15-10+. The molecule has 1 saturated carbocycles. The number of halogens is 3. The fourth-order valence-electron chi connectivity index (χ4n) is 3.10. The van der Waals surface area contributed by atoms with Crippen LogP contribution in [0.1, 0.15) is 42.5 Å². The molecule has 2 aromatic rings. The molecule has 0 saturated heterocycles. The van der Waals surface area contributed by atoms with Crippen LogP contribution in [-0.2, 0) is 6.18 Å². The zero-order chi connectivity index (χ0) is 20.1. The largest absolute Gasteiger partial charge is 0.491 e. The van der Waals surface area contributed by atoms with E-state index in [0.717, 1.165) is 37.8 Å². The lowest BCUT2D eigenvalue weighted by Crippen LogP contribution is -2.12. The molecule has 7 heteroatoms. The molecule has 1 aliphatic carbocycles. The number of rotatable bonds is 5. The third-order valence-corrected chi connectivity index (χ3v) is 4.59. The number of aromatic nitrogens is 1.